The second kappa shape index (κ2) is 5.16. The molecule has 0 atom stereocenters. The summed E-state index contributed by atoms with van der Waals surface area (Å²) in [5.41, 5.74) is 4.73. The predicted octanol–water partition coefficient (Wildman–Crippen LogP) is 3.29. The lowest BCUT2D eigenvalue weighted by molar-refractivity contribution is -0.274. The number of nitrogens with zero attached hydrogens (tertiary/aromatic N) is 1. The van der Waals surface area contributed by atoms with Gasteiger partial charge < -0.3 is 10.2 Å². The fraction of sp³-hybridized carbons (Fsp3) is 0.308. The highest BCUT2D eigenvalue weighted by Crippen LogP contribution is 2.35. The summed E-state index contributed by atoms with van der Waals surface area (Å²) in [7, 11) is 0. The molecule has 0 saturated carbocycles. The van der Waals surface area contributed by atoms with E-state index in [1.165, 1.54) is 12.1 Å². The number of aromatic nitrogens is 1. The van der Waals surface area contributed by atoms with Gasteiger partial charge >= 0.3 is 6.36 Å². The first kappa shape index (κ1) is 14.4. The van der Waals surface area contributed by atoms with Gasteiger partial charge in [-0.3, -0.25) is 5.84 Å². The molecule has 0 unspecified atom stereocenters. The van der Waals surface area contributed by atoms with Gasteiger partial charge in [0.15, 0.2) is 5.75 Å². The summed E-state index contributed by atoms with van der Waals surface area (Å²) in [6, 6.07) is 4.36. The van der Waals surface area contributed by atoms with Gasteiger partial charge in [0.1, 0.15) is 5.52 Å². The fourth-order valence-electron chi connectivity index (χ4n) is 2.22. The number of nitrogens with one attached hydrogen (secondary N) is 1. The van der Waals surface area contributed by atoms with Crippen LogP contribution < -0.4 is 16.0 Å². The zero-order valence-electron chi connectivity index (χ0n) is 11.0. The lowest BCUT2D eigenvalue weighted by atomic mass is 10.0. The highest BCUT2D eigenvalue weighted by atomic mass is 19.4. The number of nitrogens with two attached hydrogens (primary N) is 1. The second-order valence-corrected chi connectivity index (χ2v) is 4.25. The number of benzene rings is 1. The Morgan fingerprint density at radius 2 is 2.05 bits per heavy atom. The van der Waals surface area contributed by atoms with Crippen LogP contribution in [-0.4, -0.2) is 11.3 Å². The Labute approximate surface area is 113 Å². The molecule has 0 fully saturated rings. The van der Waals surface area contributed by atoms with E-state index in [-0.39, 0.29) is 11.3 Å². The molecule has 0 aliphatic heterocycles. The van der Waals surface area contributed by atoms with Crippen molar-refractivity contribution in [2.45, 2.75) is 26.6 Å². The SMILES string of the molecule is CCc1c(C)nc2c(OC(F)(F)F)cccc2c1NN. The van der Waals surface area contributed by atoms with Crippen molar-refractivity contribution < 1.29 is 17.9 Å². The standard InChI is InChI=1S/C13H14F3N3O/c1-3-8-7(2)18-12-9(11(8)19-17)5-4-6-10(12)20-13(14,15)16/h4-6H,3,17H2,1-2H3,(H,18,19). The molecule has 0 aliphatic carbocycles. The molecule has 1 aromatic carbocycles. The third kappa shape index (κ3) is 2.62. The van der Waals surface area contributed by atoms with E-state index in [4.69, 9.17) is 5.84 Å². The molecule has 0 amide bonds. The Bertz CT molecular complexity index is 641. The first-order chi connectivity index (χ1) is 9.37. The van der Waals surface area contributed by atoms with E-state index in [9.17, 15) is 13.2 Å². The molecule has 0 saturated heterocycles. The number of alkyl halides is 3. The summed E-state index contributed by atoms with van der Waals surface area (Å²) in [5.74, 6) is 5.16. The summed E-state index contributed by atoms with van der Waals surface area (Å²) in [6.07, 6.45) is -4.09. The highest BCUT2D eigenvalue weighted by Gasteiger charge is 2.32. The van der Waals surface area contributed by atoms with Crippen LogP contribution in [0.2, 0.25) is 0 Å². The van der Waals surface area contributed by atoms with Gasteiger partial charge in [-0.1, -0.05) is 19.1 Å². The Kier molecular flexibility index (Phi) is 3.71. The quantitative estimate of drug-likeness (QED) is 0.671. The summed E-state index contributed by atoms with van der Waals surface area (Å²) in [6.45, 7) is 3.65. The summed E-state index contributed by atoms with van der Waals surface area (Å²) in [4.78, 5) is 4.22. The van der Waals surface area contributed by atoms with Gasteiger partial charge in [-0.15, -0.1) is 13.2 Å². The smallest absolute Gasteiger partial charge is 0.403 e. The summed E-state index contributed by atoms with van der Waals surface area (Å²) >= 11 is 0. The number of anilines is 1. The number of halogens is 3. The maximum absolute atomic E-state index is 12.4. The van der Waals surface area contributed by atoms with Gasteiger partial charge in [0, 0.05) is 11.1 Å². The van der Waals surface area contributed by atoms with E-state index in [0.717, 1.165) is 5.56 Å². The Balaban J connectivity index is 2.73. The van der Waals surface area contributed by atoms with Crippen LogP contribution in [0, 0.1) is 6.92 Å². The van der Waals surface area contributed by atoms with Crippen LogP contribution in [0.1, 0.15) is 18.2 Å². The molecule has 0 aliphatic rings. The lowest BCUT2D eigenvalue weighted by Gasteiger charge is -2.16. The minimum Gasteiger partial charge on any atom is -0.403 e. The molecule has 0 radical (unpaired) electrons. The number of pyridine rings is 1. The van der Waals surface area contributed by atoms with E-state index < -0.39 is 6.36 Å². The number of hydrogen-bond acceptors (Lipinski definition) is 4. The molecule has 0 spiro atoms. The Morgan fingerprint density at radius 3 is 2.60 bits per heavy atom. The normalized spacial score (nSPS) is 11.7. The lowest BCUT2D eigenvalue weighted by Crippen LogP contribution is -2.18. The molecule has 0 bridgehead atoms. The molecule has 1 aromatic heterocycles. The number of hydrazine groups is 1. The van der Waals surface area contributed by atoms with E-state index in [1.54, 1.807) is 13.0 Å². The molecular weight excluding hydrogens is 271 g/mol. The van der Waals surface area contributed by atoms with Crippen molar-refractivity contribution in [3.8, 4) is 5.75 Å². The van der Waals surface area contributed by atoms with Crippen molar-refractivity contribution in [3.05, 3.63) is 29.5 Å². The van der Waals surface area contributed by atoms with Crippen LogP contribution in [0.15, 0.2) is 18.2 Å². The van der Waals surface area contributed by atoms with E-state index in [2.05, 4.69) is 15.1 Å². The highest BCUT2D eigenvalue weighted by molar-refractivity contribution is 5.96. The Hall–Kier alpha value is -2.02. The van der Waals surface area contributed by atoms with Crippen molar-refractivity contribution in [1.29, 1.82) is 0 Å². The van der Waals surface area contributed by atoms with Crippen LogP contribution >= 0.6 is 0 Å². The number of ether oxygens (including phenoxy) is 1. The maximum Gasteiger partial charge on any atom is 0.573 e. The number of rotatable bonds is 3. The van der Waals surface area contributed by atoms with Gasteiger partial charge in [-0.2, -0.15) is 0 Å². The molecule has 4 nitrogen and oxygen atoms in total. The van der Waals surface area contributed by atoms with Crippen LogP contribution in [0.25, 0.3) is 10.9 Å². The number of hydrogen-bond donors (Lipinski definition) is 2. The van der Waals surface area contributed by atoms with E-state index in [1.807, 2.05) is 6.92 Å². The van der Waals surface area contributed by atoms with Crippen LogP contribution in [0.3, 0.4) is 0 Å². The first-order valence-electron chi connectivity index (χ1n) is 6.02. The Morgan fingerprint density at radius 1 is 1.35 bits per heavy atom. The van der Waals surface area contributed by atoms with Crippen molar-refractivity contribution in [3.63, 3.8) is 0 Å². The van der Waals surface area contributed by atoms with Crippen molar-refractivity contribution in [1.82, 2.24) is 4.98 Å². The largest absolute Gasteiger partial charge is 0.573 e. The zero-order chi connectivity index (χ0) is 14.9. The van der Waals surface area contributed by atoms with Crippen molar-refractivity contribution in [2.24, 2.45) is 5.84 Å². The average molecular weight is 285 g/mol. The molecule has 2 aromatic rings. The van der Waals surface area contributed by atoms with Crippen LogP contribution in [0.5, 0.6) is 5.75 Å². The van der Waals surface area contributed by atoms with Gasteiger partial charge in [0.2, 0.25) is 0 Å². The molecule has 7 heteroatoms. The third-order valence-corrected chi connectivity index (χ3v) is 3.01. The monoisotopic (exact) mass is 285 g/mol. The molecule has 1 heterocycles. The second-order valence-electron chi connectivity index (χ2n) is 4.25. The number of para-hydroxylation sites is 1. The number of aryl methyl sites for hydroxylation is 1. The number of fused-ring (bicyclic) bond motifs is 1. The molecular formula is C13H14F3N3O. The topological polar surface area (TPSA) is 60.2 Å². The third-order valence-electron chi connectivity index (χ3n) is 3.01. The summed E-state index contributed by atoms with van der Waals surface area (Å²) < 4.78 is 41.2. The van der Waals surface area contributed by atoms with Gasteiger partial charge in [-0.25, -0.2) is 4.98 Å². The van der Waals surface area contributed by atoms with Gasteiger partial charge in [-0.05, 0) is 25.0 Å². The van der Waals surface area contributed by atoms with Gasteiger partial charge in [0.25, 0.3) is 0 Å². The molecule has 20 heavy (non-hydrogen) atoms. The molecule has 2 rings (SSSR count). The first-order valence-corrected chi connectivity index (χ1v) is 6.02. The summed E-state index contributed by atoms with van der Waals surface area (Å²) in [5, 5.41) is 0.497. The zero-order valence-corrected chi connectivity index (χ0v) is 11.0. The van der Waals surface area contributed by atoms with Crippen molar-refractivity contribution in [2.75, 3.05) is 5.43 Å². The van der Waals surface area contributed by atoms with Crippen LogP contribution in [0.4, 0.5) is 18.9 Å². The maximum atomic E-state index is 12.4. The minimum absolute atomic E-state index is 0.132. The average Bonchev–Trinajstić information content (AvgIpc) is 2.36. The minimum atomic E-state index is -4.76. The van der Waals surface area contributed by atoms with Gasteiger partial charge in [0.05, 0.1) is 5.69 Å². The van der Waals surface area contributed by atoms with E-state index in [0.29, 0.717) is 23.2 Å². The molecule has 3 N–H and O–H groups in total. The predicted molar refractivity (Wildman–Crippen MR) is 70.4 cm³/mol. The molecule has 108 valence electrons. The number of nitrogen functional groups attached to an aromatic ring is 1. The van der Waals surface area contributed by atoms with Crippen LogP contribution in [-0.2, 0) is 6.42 Å². The van der Waals surface area contributed by atoms with Crippen molar-refractivity contribution >= 4 is 16.6 Å². The fourth-order valence-corrected chi connectivity index (χ4v) is 2.22. The van der Waals surface area contributed by atoms with E-state index >= 15 is 0 Å².